The zero-order valence-corrected chi connectivity index (χ0v) is 10.5. The van der Waals surface area contributed by atoms with Crippen molar-refractivity contribution in [3.63, 3.8) is 0 Å². The van der Waals surface area contributed by atoms with E-state index >= 15 is 0 Å². The van der Waals surface area contributed by atoms with Crippen molar-refractivity contribution in [3.8, 4) is 0 Å². The first-order valence-corrected chi connectivity index (χ1v) is 6.06. The summed E-state index contributed by atoms with van der Waals surface area (Å²) in [5.41, 5.74) is 0.352. The van der Waals surface area contributed by atoms with Gasteiger partial charge in [0.25, 0.3) is 5.91 Å². The van der Waals surface area contributed by atoms with Crippen LogP contribution >= 0.6 is 0 Å². The number of nitrogens with one attached hydrogen (secondary N) is 2. The van der Waals surface area contributed by atoms with Crippen LogP contribution in [0.25, 0.3) is 0 Å². The molecule has 0 fully saturated rings. The maximum absolute atomic E-state index is 11.5. The van der Waals surface area contributed by atoms with Gasteiger partial charge in [-0.05, 0) is 6.42 Å². The van der Waals surface area contributed by atoms with Crippen molar-refractivity contribution >= 4 is 11.7 Å². The van der Waals surface area contributed by atoms with E-state index in [-0.39, 0.29) is 5.91 Å². The number of aromatic nitrogens is 2. The summed E-state index contributed by atoms with van der Waals surface area (Å²) in [5, 5.41) is 5.70. The van der Waals surface area contributed by atoms with Gasteiger partial charge in [0, 0.05) is 26.0 Å². The van der Waals surface area contributed by atoms with Crippen LogP contribution in [0.3, 0.4) is 0 Å². The van der Waals surface area contributed by atoms with Gasteiger partial charge in [-0.15, -0.1) is 0 Å². The summed E-state index contributed by atoms with van der Waals surface area (Å²) in [6.45, 7) is 3.00. The van der Waals surface area contributed by atoms with Crippen molar-refractivity contribution < 1.29 is 4.79 Å². The van der Waals surface area contributed by atoms with Gasteiger partial charge in [-0.1, -0.05) is 26.2 Å². The van der Waals surface area contributed by atoms with Gasteiger partial charge in [-0.3, -0.25) is 4.79 Å². The number of carbonyl (C=O) groups is 1. The van der Waals surface area contributed by atoms with Crippen LogP contribution in [0.1, 0.15) is 43.1 Å². The first-order valence-electron chi connectivity index (χ1n) is 6.06. The second-order valence-electron chi connectivity index (χ2n) is 3.82. The number of unbranched alkanes of at least 4 members (excludes halogenated alkanes) is 3. The van der Waals surface area contributed by atoms with Gasteiger partial charge in [0.1, 0.15) is 0 Å². The zero-order valence-electron chi connectivity index (χ0n) is 10.5. The van der Waals surface area contributed by atoms with Crippen molar-refractivity contribution in [1.29, 1.82) is 0 Å². The molecule has 5 nitrogen and oxygen atoms in total. The van der Waals surface area contributed by atoms with Crippen molar-refractivity contribution in [1.82, 2.24) is 15.3 Å². The molecule has 0 saturated heterocycles. The highest BCUT2D eigenvalue weighted by Gasteiger charge is 2.11. The minimum Gasteiger partial charge on any atom is -0.368 e. The summed E-state index contributed by atoms with van der Waals surface area (Å²) < 4.78 is 0. The lowest BCUT2D eigenvalue weighted by Gasteiger charge is -2.08. The third-order valence-corrected chi connectivity index (χ3v) is 2.46. The van der Waals surface area contributed by atoms with E-state index in [0.717, 1.165) is 13.0 Å². The molecule has 0 atom stereocenters. The Morgan fingerprint density at radius 2 is 2.00 bits per heavy atom. The maximum Gasteiger partial charge on any atom is 0.273 e. The predicted octanol–water partition coefficient (Wildman–Crippen LogP) is 1.83. The Kier molecular flexibility index (Phi) is 5.99. The van der Waals surface area contributed by atoms with Gasteiger partial charge in [0.05, 0.1) is 0 Å². The van der Waals surface area contributed by atoms with Gasteiger partial charge in [-0.25, -0.2) is 9.97 Å². The van der Waals surface area contributed by atoms with Gasteiger partial charge in [0.2, 0.25) is 0 Å². The van der Waals surface area contributed by atoms with E-state index in [1.807, 2.05) is 0 Å². The Bertz CT molecular complexity index is 354. The average molecular weight is 236 g/mol. The van der Waals surface area contributed by atoms with Crippen LogP contribution in [-0.4, -0.2) is 29.5 Å². The first-order chi connectivity index (χ1) is 8.29. The van der Waals surface area contributed by atoms with Crippen LogP contribution in [0, 0.1) is 0 Å². The fraction of sp³-hybridized carbons (Fsp3) is 0.583. The Morgan fingerprint density at radius 1 is 1.24 bits per heavy atom. The summed E-state index contributed by atoms with van der Waals surface area (Å²) in [6, 6.07) is 0. The van der Waals surface area contributed by atoms with Crippen molar-refractivity contribution in [2.24, 2.45) is 0 Å². The van der Waals surface area contributed by atoms with Gasteiger partial charge in [0.15, 0.2) is 11.5 Å². The lowest BCUT2D eigenvalue weighted by molar-refractivity contribution is 0.0958. The molecule has 0 saturated carbocycles. The van der Waals surface area contributed by atoms with E-state index in [2.05, 4.69) is 27.5 Å². The molecule has 1 rings (SSSR count). The van der Waals surface area contributed by atoms with E-state index in [1.54, 1.807) is 13.2 Å². The molecule has 0 spiro atoms. The van der Waals surface area contributed by atoms with E-state index in [0.29, 0.717) is 11.5 Å². The van der Waals surface area contributed by atoms with Gasteiger partial charge >= 0.3 is 0 Å². The Balaban J connectivity index is 2.49. The van der Waals surface area contributed by atoms with E-state index in [9.17, 15) is 4.79 Å². The summed E-state index contributed by atoms with van der Waals surface area (Å²) in [5.74, 6) is 0.345. The Morgan fingerprint density at radius 3 is 2.71 bits per heavy atom. The van der Waals surface area contributed by atoms with Gasteiger partial charge in [-0.2, -0.15) is 0 Å². The minimum atomic E-state index is -0.214. The van der Waals surface area contributed by atoms with Crippen molar-refractivity contribution in [2.75, 3.05) is 18.9 Å². The smallest absolute Gasteiger partial charge is 0.273 e. The molecule has 2 N–H and O–H groups in total. The highest BCUT2D eigenvalue weighted by Crippen LogP contribution is 2.08. The molecule has 0 bridgehead atoms. The van der Waals surface area contributed by atoms with Crippen molar-refractivity contribution in [2.45, 2.75) is 32.6 Å². The largest absolute Gasteiger partial charge is 0.368 e. The van der Waals surface area contributed by atoms with E-state index in [4.69, 9.17) is 0 Å². The number of anilines is 1. The number of carbonyl (C=O) groups excluding carboxylic acids is 1. The minimum absolute atomic E-state index is 0.214. The Hall–Kier alpha value is -1.65. The molecular weight excluding hydrogens is 216 g/mol. The van der Waals surface area contributed by atoms with Crippen LogP contribution in [0.2, 0.25) is 0 Å². The number of hydrogen-bond acceptors (Lipinski definition) is 4. The summed E-state index contributed by atoms with van der Waals surface area (Å²) >= 11 is 0. The molecule has 0 aliphatic carbocycles. The molecule has 17 heavy (non-hydrogen) atoms. The second-order valence-corrected chi connectivity index (χ2v) is 3.82. The Labute approximate surface area is 102 Å². The monoisotopic (exact) mass is 236 g/mol. The molecule has 0 radical (unpaired) electrons. The van der Waals surface area contributed by atoms with Crippen LogP contribution in [0.15, 0.2) is 12.4 Å². The predicted molar refractivity (Wildman–Crippen MR) is 68.1 cm³/mol. The molecule has 1 amide bonds. The topological polar surface area (TPSA) is 66.9 Å². The maximum atomic E-state index is 11.5. The lowest BCUT2D eigenvalue weighted by Crippen LogP contribution is -2.22. The number of amides is 1. The first kappa shape index (κ1) is 13.4. The fourth-order valence-corrected chi connectivity index (χ4v) is 1.51. The standard InChI is InChI=1S/C12H20N4O/c1-3-4-5-6-7-15-11-10(12(17)13-2)14-8-9-16-11/h8-9H,3-7H2,1-2H3,(H,13,17)(H,15,16). The molecular formula is C12H20N4O. The highest BCUT2D eigenvalue weighted by atomic mass is 16.1. The molecule has 1 aromatic heterocycles. The number of hydrogen-bond donors (Lipinski definition) is 2. The highest BCUT2D eigenvalue weighted by molar-refractivity contribution is 5.96. The number of nitrogens with zero attached hydrogens (tertiary/aromatic N) is 2. The second kappa shape index (κ2) is 7.60. The third-order valence-electron chi connectivity index (χ3n) is 2.46. The summed E-state index contributed by atoms with van der Waals surface area (Å²) in [7, 11) is 1.59. The molecule has 0 unspecified atom stereocenters. The molecule has 1 heterocycles. The molecule has 1 aromatic rings. The van der Waals surface area contributed by atoms with Crippen LogP contribution < -0.4 is 10.6 Å². The van der Waals surface area contributed by atoms with Crippen LogP contribution in [0.4, 0.5) is 5.82 Å². The molecule has 0 aliphatic heterocycles. The van der Waals surface area contributed by atoms with Gasteiger partial charge < -0.3 is 10.6 Å². The molecule has 0 aliphatic rings. The fourth-order valence-electron chi connectivity index (χ4n) is 1.51. The van der Waals surface area contributed by atoms with Crippen LogP contribution in [0.5, 0.6) is 0 Å². The number of rotatable bonds is 7. The molecule has 94 valence electrons. The van der Waals surface area contributed by atoms with Crippen LogP contribution in [-0.2, 0) is 0 Å². The molecule has 5 heteroatoms. The van der Waals surface area contributed by atoms with E-state index < -0.39 is 0 Å². The average Bonchev–Trinajstić information content (AvgIpc) is 2.38. The SMILES string of the molecule is CCCCCCNc1nccnc1C(=O)NC. The quantitative estimate of drug-likeness (QED) is 0.709. The van der Waals surface area contributed by atoms with E-state index in [1.165, 1.54) is 25.5 Å². The molecule has 0 aromatic carbocycles. The third kappa shape index (κ3) is 4.38. The normalized spacial score (nSPS) is 10.0. The van der Waals surface area contributed by atoms with Crippen molar-refractivity contribution in [3.05, 3.63) is 18.1 Å². The summed E-state index contributed by atoms with van der Waals surface area (Å²) in [4.78, 5) is 19.7. The zero-order chi connectivity index (χ0) is 12.5. The summed E-state index contributed by atoms with van der Waals surface area (Å²) in [6.07, 6.45) is 7.84. The lowest BCUT2D eigenvalue weighted by atomic mass is 10.2.